The number of nitrogen functional groups attached to an aromatic ring is 1. The normalized spacial score (nSPS) is 11.7. The molecule has 1 aromatic rings. The van der Waals surface area contributed by atoms with E-state index in [1.165, 1.54) is 0 Å². The lowest BCUT2D eigenvalue weighted by molar-refractivity contribution is -0.170. The minimum absolute atomic E-state index is 0.223. The molecule has 0 atom stereocenters. The molecule has 0 fully saturated rings. The fraction of sp³-hybridized carbons (Fsp3) is 0.400. The Morgan fingerprint density at radius 2 is 2.00 bits per heavy atom. The maximum absolute atomic E-state index is 9.58. The van der Waals surface area contributed by atoms with Crippen LogP contribution in [-0.4, -0.2) is 10.2 Å². The van der Waals surface area contributed by atoms with Crippen LogP contribution in [0.15, 0.2) is 18.2 Å². The molecule has 0 aliphatic heterocycles. The van der Waals surface area contributed by atoms with Crippen LogP contribution in [0.5, 0.6) is 0 Å². The Bertz CT molecular complexity index is 308. The van der Waals surface area contributed by atoms with Gasteiger partial charge in [-0.3, -0.25) is 0 Å². The predicted molar refractivity (Wildman–Crippen MR) is 52.0 cm³/mol. The van der Waals surface area contributed by atoms with Crippen molar-refractivity contribution in [2.75, 3.05) is 5.73 Å². The second-order valence-corrected chi connectivity index (χ2v) is 3.26. The fourth-order valence-corrected chi connectivity index (χ4v) is 1.21. The van der Waals surface area contributed by atoms with E-state index in [4.69, 9.17) is 5.73 Å². The highest BCUT2D eigenvalue weighted by molar-refractivity contribution is 5.50. The smallest absolute Gasteiger partial charge is 0.191 e. The van der Waals surface area contributed by atoms with E-state index in [1.54, 1.807) is 19.1 Å². The van der Waals surface area contributed by atoms with Gasteiger partial charge >= 0.3 is 0 Å². The SMILES string of the molecule is CCC(O)(O)c1cc(C)ccc1N. The first kappa shape index (κ1) is 10.0. The summed E-state index contributed by atoms with van der Waals surface area (Å²) in [5.41, 5.74) is 7.39. The van der Waals surface area contributed by atoms with Gasteiger partial charge < -0.3 is 15.9 Å². The molecule has 0 radical (unpaired) electrons. The Morgan fingerprint density at radius 3 is 2.54 bits per heavy atom. The largest absolute Gasteiger partial charge is 0.398 e. The number of aryl methyl sites for hydroxylation is 1. The van der Waals surface area contributed by atoms with E-state index in [0.29, 0.717) is 11.3 Å². The molecule has 0 aliphatic carbocycles. The molecule has 13 heavy (non-hydrogen) atoms. The Balaban J connectivity index is 3.20. The maximum Gasteiger partial charge on any atom is 0.191 e. The van der Waals surface area contributed by atoms with Crippen molar-refractivity contribution in [3.8, 4) is 0 Å². The zero-order valence-electron chi connectivity index (χ0n) is 7.91. The van der Waals surface area contributed by atoms with Gasteiger partial charge in [0.2, 0.25) is 0 Å². The van der Waals surface area contributed by atoms with Gasteiger partial charge in [0.15, 0.2) is 5.79 Å². The summed E-state index contributed by atoms with van der Waals surface area (Å²) in [7, 11) is 0. The Kier molecular flexibility index (Phi) is 2.59. The predicted octanol–water partition coefficient (Wildman–Crippen LogP) is 1.12. The number of rotatable bonds is 2. The molecule has 0 amide bonds. The zero-order chi connectivity index (χ0) is 10.1. The van der Waals surface area contributed by atoms with Crippen molar-refractivity contribution in [2.45, 2.75) is 26.1 Å². The zero-order valence-corrected chi connectivity index (χ0v) is 7.91. The van der Waals surface area contributed by atoms with Crippen molar-refractivity contribution in [1.29, 1.82) is 0 Å². The fourth-order valence-electron chi connectivity index (χ4n) is 1.21. The van der Waals surface area contributed by atoms with Gasteiger partial charge in [-0.15, -0.1) is 0 Å². The molecule has 0 unspecified atom stereocenters. The highest BCUT2D eigenvalue weighted by atomic mass is 16.5. The topological polar surface area (TPSA) is 66.5 Å². The van der Waals surface area contributed by atoms with Gasteiger partial charge in [0.1, 0.15) is 0 Å². The molecule has 0 saturated heterocycles. The van der Waals surface area contributed by atoms with Crippen LogP contribution in [-0.2, 0) is 5.79 Å². The van der Waals surface area contributed by atoms with Gasteiger partial charge in [0.05, 0.1) is 0 Å². The average Bonchev–Trinajstić information content (AvgIpc) is 2.09. The number of hydrogen-bond donors (Lipinski definition) is 3. The molecule has 72 valence electrons. The van der Waals surface area contributed by atoms with E-state index in [9.17, 15) is 10.2 Å². The van der Waals surface area contributed by atoms with Crippen molar-refractivity contribution in [2.24, 2.45) is 0 Å². The van der Waals surface area contributed by atoms with Crippen LogP contribution in [0.2, 0.25) is 0 Å². The second kappa shape index (κ2) is 3.36. The van der Waals surface area contributed by atoms with Crippen LogP contribution < -0.4 is 5.73 Å². The maximum atomic E-state index is 9.58. The standard InChI is InChI=1S/C10H15NO2/c1-3-10(12,13)8-6-7(2)4-5-9(8)11/h4-6,12-13H,3,11H2,1-2H3. The molecule has 0 spiro atoms. The van der Waals surface area contributed by atoms with Gasteiger partial charge in [-0.25, -0.2) is 0 Å². The van der Waals surface area contributed by atoms with Gasteiger partial charge in [-0.2, -0.15) is 0 Å². The third kappa shape index (κ3) is 1.99. The number of aliphatic hydroxyl groups is 2. The van der Waals surface area contributed by atoms with Crippen molar-refractivity contribution in [3.05, 3.63) is 29.3 Å². The van der Waals surface area contributed by atoms with Gasteiger partial charge in [0.25, 0.3) is 0 Å². The van der Waals surface area contributed by atoms with Crippen LogP contribution in [0.3, 0.4) is 0 Å². The van der Waals surface area contributed by atoms with E-state index in [2.05, 4.69) is 0 Å². The molecule has 0 aromatic heterocycles. The van der Waals surface area contributed by atoms with E-state index < -0.39 is 5.79 Å². The number of anilines is 1. The summed E-state index contributed by atoms with van der Waals surface area (Å²) in [6.07, 6.45) is 0.223. The molecule has 1 aromatic carbocycles. The summed E-state index contributed by atoms with van der Waals surface area (Å²) in [4.78, 5) is 0. The summed E-state index contributed by atoms with van der Waals surface area (Å²) in [6.45, 7) is 3.58. The first-order chi connectivity index (χ1) is 5.97. The molecule has 4 N–H and O–H groups in total. The van der Waals surface area contributed by atoms with Crippen LogP contribution in [0.1, 0.15) is 24.5 Å². The Morgan fingerprint density at radius 1 is 1.38 bits per heavy atom. The Labute approximate surface area is 77.8 Å². The lowest BCUT2D eigenvalue weighted by Crippen LogP contribution is -2.25. The number of benzene rings is 1. The molecule has 0 bridgehead atoms. The quantitative estimate of drug-likeness (QED) is 0.473. The molecule has 0 saturated carbocycles. The van der Waals surface area contributed by atoms with Crippen LogP contribution in [0, 0.1) is 6.92 Å². The van der Waals surface area contributed by atoms with Crippen LogP contribution in [0.4, 0.5) is 5.69 Å². The minimum atomic E-state index is -1.81. The van der Waals surface area contributed by atoms with Crippen molar-refractivity contribution in [3.63, 3.8) is 0 Å². The summed E-state index contributed by atoms with van der Waals surface area (Å²) in [6, 6.07) is 5.21. The van der Waals surface area contributed by atoms with Gasteiger partial charge in [-0.05, 0) is 19.1 Å². The van der Waals surface area contributed by atoms with E-state index in [1.807, 2.05) is 13.0 Å². The molecular formula is C10H15NO2. The van der Waals surface area contributed by atoms with Crippen molar-refractivity contribution in [1.82, 2.24) is 0 Å². The van der Waals surface area contributed by atoms with E-state index in [0.717, 1.165) is 5.56 Å². The number of nitrogens with two attached hydrogens (primary N) is 1. The molecular weight excluding hydrogens is 166 g/mol. The lowest BCUT2D eigenvalue weighted by Gasteiger charge is -2.22. The highest BCUT2D eigenvalue weighted by Gasteiger charge is 2.25. The molecule has 0 heterocycles. The Hall–Kier alpha value is -1.06. The molecule has 3 heteroatoms. The highest BCUT2D eigenvalue weighted by Crippen LogP contribution is 2.27. The summed E-state index contributed by atoms with van der Waals surface area (Å²) in [5.74, 6) is -1.81. The summed E-state index contributed by atoms with van der Waals surface area (Å²) < 4.78 is 0. The monoisotopic (exact) mass is 181 g/mol. The van der Waals surface area contributed by atoms with Crippen molar-refractivity contribution >= 4 is 5.69 Å². The minimum Gasteiger partial charge on any atom is -0.398 e. The third-order valence-electron chi connectivity index (χ3n) is 2.13. The molecule has 1 rings (SSSR count). The summed E-state index contributed by atoms with van der Waals surface area (Å²) >= 11 is 0. The lowest BCUT2D eigenvalue weighted by atomic mass is 9.99. The third-order valence-corrected chi connectivity index (χ3v) is 2.13. The first-order valence-corrected chi connectivity index (χ1v) is 4.28. The number of hydrogen-bond acceptors (Lipinski definition) is 3. The first-order valence-electron chi connectivity index (χ1n) is 4.28. The van der Waals surface area contributed by atoms with Crippen LogP contribution >= 0.6 is 0 Å². The summed E-state index contributed by atoms with van der Waals surface area (Å²) in [5, 5.41) is 19.2. The van der Waals surface area contributed by atoms with Crippen LogP contribution in [0.25, 0.3) is 0 Å². The van der Waals surface area contributed by atoms with Gasteiger partial charge in [0, 0.05) is 17.7 Å². The average molecular weight is 181 g/mol. The second-order valence-electron chi connectivity index (χ2n) is 3.26. The van der Waals surface area contributed by atoms with E-state index in [-0.39, 0.29) is 6.42 Å². The van der Waals surface area contributed by atoms with Gasteiger partial charge in [-0.1, -0.05) is 18.6 Å². The van der Waals surface area contributed by atoms with Crippen molar-refractivity contribution < 1.29 is 10.2 Å². The molecule has 3 nitrogen and oxygen atoms in total. The molecule has 0 aliphatic rings. The van der Waals surface area contributed by atoms with E-state index >= 15 is 0 Å².